The topological polar surface area (TPSA) is 20.3 Å². The molecule has 0 aliphatic rings. The zero-order chi connectivity index (χ0) is 14.8. The summed E-state index contributed by atoms with van der Waals surface area (Å²) in [6, 6.07) is 17.1. The number of rotatable bonds is 3. The van der Waals surface area contributed by atoms with Gasteiger partial charge in [0.15, 0.2) is 0 Å². The van der Waals surface area contributed by atoms with Crippen molar-refractivity contribution in [3.05, 3.63) is 65.2 Å². The standard InChI is InChI=1S/C17H18ClNO/c1-17(2,13-9-11-14(18)12-10-13)16(20)19(3)15-7-5-4-6-8-15/h4-12H,1-3H3. The largest absolute Gasteiger partial charge is 0.315 e. The molecule has 20 heavy (non-hydrogen) atoms. The third-order valence-corrected chi connectivity index (χ3v) is 3.80. The van der Waals surface area contributed by atoms with Crippen LogP contribution in [0.15, 0.2) is 54.6 Å². The maximum atomic E-state index is 12.7. The van der Waals surface area contributed by atoms with Crippen molar-refractivity contribution in [1.29, 1.82) is 0 Å². The van der Waals surface area contributed by atoms with E-state index in [9.17, 15) is 4.79 Å². The highest BCUT2D eigenvalue weighted by Crippen LogP contribution is 2.28. The number of likely N-dealkylation sites (N-methyl/N-ethyl adjacent to an activating group) is 1. The van der Waals surface area contributed by atoms with E-state index in [4.69, 9.17) is 11.6 Å². The zero-order valence-electron chi connectivity index (χ0n) is 11.9. The van der Waals surface area contributed by atoms with Gasteiger partial charge in [0, 0.05) is 17.8 Å². The highest BCUT2D eigenvalue weighted by molar-refractivity contribution is 6.30. The first-order valence-electron chi connectivity index (χ1n) is 6.52. The normalized spacial score (nSPS) is 11.2. The van der Waals surface area contributed by atoms with Gasteiger partial charge in [0.1, 0.15) is 0 Å². The number of hydrogen-bond donors (Lipinski definition) is 0. The molecule has 3 heteroatoms. The van der Waals surface area contributed by atoms with Crippen LogP contribution in [0.5, 0.6) is 0 Å². The van der Waals surface area contributed by atoms with Crippen molar-refractivity contribution in [1.82, 2.24) is 0 Å². The second-order valence-electron chi connectivity index (χ2n) is 5.33. The van der Waals surface area contributed by atoms with Crippen LogP contribution < -0.4 is 4.90 Å². The van der Waals surface area contributed by atoms with E-state index in [1.165, 1.54) is 0 Å². The van der Waals surface area contributed by atoms with Crippen LogP contribution in [0, 0.1) is 0 Å². The number of carbonyl (C=O) groups excluding carboxylic acids is 1. The lowest BCUT2D eigenvalue weighted by atomic mass is 9.83. The SMILES string of the molecule is CN(C(=O)C(C)(C)c1ccc(Cl)cc1)c1ccccc1. The molecule has 0 atom stereocenters. The highest BCUT2D eigenvalue weighted by atomic mass is 35.5. The van der Waals surface area contributed by atoms with Gasteiger partial charge in [0.05, 0.1) is 5.41 Å². The first-order valence-corrected chi connectivity index (χ1v) is 6.90. The number of carbonyl (C=O) groups is 1. The van der Waals surface area contributed by atoms with Gasteiger partial charge in [0.25, 0.3) is 0 Å². The van der Waals surface area contributed by atoms with Crippen molar-refractivity contribution in [2.75, 3.05) is 11.9 Å². The highest BCUT2D eigenvalue weighted by Gasteiger charge is 2.32. The molecule has 0 saturated carbocycles. The third-order valence-electron chi connectivity index (χ3n) is 3.55. The summed E-state index contributed by atoms with van der Waals surface area (Å²) in [5.41, 5.74) is 1.24. The number of nitrogens with zero attached hydrogens (tertiary/aromatic N) is 1. The van der Waals surface area contributed by atoms with Crippen LogP contribution >= 0.6 is 11.6 Å². The van der Waals surface area contributed by atoms with Crippen LogP contribution in [-0.2, 0) is 10.2 Å². The summed E-state index contributed by atoms with van der Waals surface area (Å²) in [6.45, 7) is 3.86. The molecule has 0 N–H and O–H groups in total. The van der Waals surface area contributed by atoms with E-state index >= 15 is 0 Å². The Kier molecular flexibility index (Phi) is 4.15. The monoisotopic (exact) mass is 287 g/mol. The molecule has 2 nitrogen and oxygen atoms in total. The van der Waals surface area contributed by atoms with Crippen molar-refractivity contribution in [2.45, 2.75) is 19.3 Å². The van der Waals surface area contributed by atoms with Crippen molar-refractivity contribution in [3.8, 4) is 0 Å². The van der Waals surface area contributed by atoms with Crippen molar-refractivity contribution in [3.63, 3.8) is 0 Å². The van der Waals surface area contributed by atoms with Crippen molar-refractivity contribution in [2.24, 2.45) is 0 Å². The van der Waals surface area contributed by atoms with Gasteiger partial charge in [-0.05, 0) is 43.7 Å². The fourth-order valence-electron chi connectivity index (χ4n) is 2.18. The van der Waals surface area contributed by atoms with Crippen molar-refractivity contribution >= 4 is 23.2 Å². The van der Waals surface area contributed by atoms with E-state index in [0.29, 0.717) is 5.02 Å². The summed E-state index contributed by atoms with van der Waals surface area (Å²) in [5.74, 6) is 0.0472. The lowest BCUT2D eigenvalue weighted by molar-refractivity contribution is -0.122. The Morgan fingerprint density at radius 3 is 2.10 bits per heavy atom. The fourth-order valence-corrected chi connectivity index (χ4v) is 2.30. The molecular weight excluding hydrogens is 270 g/mol. The van der Waals surface area contributed by atoms with Crippen LogP contribution in [0.25, 0.3) is 0 Å². The Labute approximate surface area is 125 Å². The molecule has 0 spiro atoms. The van der Waals surface area contributed by atoms with Gasteiger partial charge in [-0.1, -0.05) is 41.9 Å². The van der Waals surface area contributed by atoms with Crippen LogP contribution in [-0.4, -0.2) is 13.0 Å². The number of benzene rings is 2. The Morgan fingerprint density at radius 1 is 1.00 bits per heavy atom. The number of halogens is 1. The van der Waals surface area contributed by atoms with Crippen LogP contribution in [0.3, 0.4) is 0 Å². The molecule has 2 aromatic carbocycles. The van der Waals surface area contributed by atoms with E-state index in [-0.39, 0.29) is 5.91 Å². The van der Waals surface area contributed by atoms with E-state index in [2.05, 4.69) is 0 Å². The van der Waals surface area contributed by atoms with Gasteiger partial charge in [-0.3, -0.25) is 4.79 Å². The maximum Gasteiger partial charge on any atom is 0.236 e. The lowest BCUT2D eigenvalue weighted by Crippen LogP contribution is -2.41. The molecule has 0 saturated heterocycles. The summed E-state index contributed by atoms with van der Waals surface area (Å²) in [7, 11) is 1.80. The molecule has 0 radical (unpaired) electrons. The molecule has 0 aliphatic carbocycles. The lowest BCUT2D eigenvalue weighted by Gasteiger charge is -2.30. The van der Waals surface area contributed by atoms with Gasteiger partial charge in [0.2, 0.25) is 5.91 Å². The second-order valence-corrected chi connectivity index (χ2v) is 5.77. The Morgan fingerprint density at radius 2 is 1.55 bits per heavy atom. The van der Waals surface area contributed by atoms with E-state index in [1.54, 1.807) is 11.9 Å². The number of amides is 1. The van der Waals surface area contributed by atoms with Gasteiger partial charge in [-0.25, -0.2) is 0 Å². The molecule has 0 unspecified atom stereocenters. The molecular formula is C17H18ClNO. The van der Waals surface area contributed by atoms with Crippen LogP contribution in [0.2, 0.25) is 5.02 Å². The first kappa shape index (κ1) is 14.6. The number of anilines is 1. The smallest absolute Gasteiger partial charge is 0.236 e. The average Bonchev–Trinajstić information content (AvgIpc) is 2.47. The summed E-state index contributed by atoms with van der Waals surface area (Å²) in [4.78, 5) is 14.4. The minimum absolute atomic E-state index is 0.0472. The second kappa shape index (κ2) is 5.68. The molecule has 0 heterocycles. The Hall–Kier alpha value is -1.80. The predicted molar refractivity (Wildman–Crippen MR) is 84.3 cm³/mol. The summed E-state index contributed by atoms with van der Waals surface area (Å²) >= 11 is 5.90. The first-order chi connectivity index (χ1) is 9.43. The predicted octanol–water partition coefficient (Wildman–Crippen LogP) is 4.28. The van der Waals surface area contributed by atoms with Crippen LogP contribution in [0.4, 0.5) is 5.69 Å². The molecule has 2 rings (SSSR count). The van der Waals surface area contributed by atoms with Gasteiger partial charge < -0.3 is 4.90 Å². The molecule has 0 aliphatic heterocycles. The Bertz CT molecular complexity index is 590. The van der Waals surface area contributed by atoms with E-state index in [1.807, 2.05) is 68.4 Å². The molecule has 0 bridgehead atoms. The third kappa shape index (κ3) is 2.86. The van der Waals surface area contributed by atoms with Gasteiger partial charge in [-0.15, -0.1) is 0 Å². The maximum absolute atomic E-state index is 12.7. The van der Waals surface area contributed by atoms with E-state index < -0.39 is 5.41 Å². The van der Waals surface area contributed by atoms with Gasteiger partial charge >= 0.3 is 0 Å². The minimum atomic E-state index is -0.602. The molecule has 0 aromatic heterocycles. The minimum Gasteiger partial charge on any atom is -0.315 e. The van der Waals surface area contributed by atoms with E-state index in [0.717, 1.165) is 11.3 Å². The molecule has 0 fully saturated rings. The van der Waals surface area contributed by atoms with Crippen LogP contribution in [0.1, 0.15) is 19.4 Å². The molecule has 1 amide bonds. The fraction of sp³-hybridized carbons (Fsp3) is 0.235. The average molecular weight is 288 g/mol. The number of hydrogen-bond acceptors (Lipinski definition) is 1. The quantitative estimate of drug-likeness (QED) is 0.825. The van der Waals surface area contributed by atoms with Gasteiger partial charge in [-0.2, -0.15) is 0 Å². The summed E-state index contributed by atoms with van der Waals surface area (Å²) in [6.07, 6.45) is 0. The molecule has 104 valence electrons. The number of para-hydroxylation sites is 1. The van der Waals surface area contributed by atoms with Crippen molar-refractivity contribution < 1.29 is 4.79 Å². The molecule has 2 aromatic rings. The zero-order valence-corrected chi connectivity index (χ0v) is 12.7. The summed E-state index contributed by atoms with van der Waals surface area (Å²) in [5, 5.41) is 0.674. The Balaban J connectivity index is 2.29. The summed E-state index contributed by atoms with van der Waals surface area (Å²) < 4.78 is 0.